The van der Waals surface area contributed by atoms with E-state index >= 15 is 0 Å². The molecule has 1 atom stereocenters. The quantitative estimate of drug-likeness (QED) is 0.442. The van der Waals surface area contributed by atoms with Gasteiger partial charge in [0, 0.05) is 31.1 Å². The van der Waals surface area contributed by atoms with E-state index in [-0.39, 0.29) is 12.3 Å². The van der Waals surface area contributed by atoms with Gasteiger partial charge in [-0.15, -0.1) is 0 Å². The normalized spacial score (nSPS) is 11.8. The maximum atomic E-state index is 13.1. The van der Waals surface area contributed by atoms with Crippen LogP contribution in [0.5, 0.6) is 11.5 Å². The van der Waals surface area contributed by atoms with Gasteiger partial charge >= 0.3 is 0 Å². The van der Waals surface area contributed by atoms with Crippen LogP contribution in [0.1, 0.15) is 28.9 Å². The predicted molar refractivity (Wildman–Crippen MR) is 123 cm³/mol. The zero-order chi connectivity index (χ0) is 23.4. The van der Waals surface area contributed by atoms with Crippen LogP contribution in [-0.2, 0) is 18.3 Å². The third-order valence-electron chi connectivity index (χ3n) is 5.37. The summed E-state index contributed by atoms with van der Waals surface area (Å²) < 4.78 is 18.5. The van der Waals surface area contributed by atoms with Gasteiger partial charge < -0.3 is 23.8 Å². The summed E-state index contributed by atoms with van der Waals surface area (Å²) in [4.78, 5) is 22.1. The highest BCUT2D eigenvalue weighted by Gasteiger charge is 2.24. The van der Waals surface area contributed by atoms with Crippen molar-refractivity contribution in [3.63, 3.8) is 0 Å². The van der Waals surface area contributed by atoms with Gasteiger partial charge in [0.1, 0.15) is 29.1 Å². The molecular weight excluding hydrogens is 420 g/mol. The van der Waals surface area contributed by atoms with Gasteiger partial charge in [-0.1, -0.05) is 18.2 Å². The molecular formula is C25H26N4O4. The number of aryl methyl sites for hydroxylation is 2. The Morgan fingerprint density at radius 1 is 1.12 bits per heavy atom. The predicted octanol–water partition coefficient (Wildman–Crippen LogP) is 3.85. The molecule has 0 aliphatic carbocycles. The number of oxazole rings is 1. The number of nitrogens with one attached hydrogen (secondary N) is 1. The van der Waals surface area contributed by atoms with Crippen molar-refractivity contribution in [3.8, 4) is 23.0 Å². The van der Waals surface area contributed by atoms with Crippen molar-refractivity contribution in [3.05, 3.63) is 83.8 Å². The van der Waals surface area contributed by atoms with Gasteiger partial charge in [-0.3, -0.25) is 4.79 Å². The van der Waals surface area contributed by atoms with Crippen LogP contribution >= 0.6 is 0 Å². The number of carbonyl (C=O) groups excluding carboxylic acids is 1. The summed E-state index contributed by atoms with van der Waals surface area (Å²) in [6.07, 6.45) is 3.60. The van der Waals surface area contributed by atoms with Crippen molar-refractivity contribution in [2.75, 3.05) is 14.2 Å². The molecule has 0 aliphatic rings. The lowest BCUT2D eigenvalue weighted by Crippen LogP contribution is -2.32. The van der Waals surface area contributed by atoms with Crippen molar-refractivity contribution in [1.82, 2.24) is 19.9 Å². The topological polar surface area (TPSA) is 91.4 Å². The van der Waals surface area contributed by atoms with Gasteiger partial charge in [0.2, 0.25) is 11.8 Å². The molecule has 170 valence electrons. The zero-order valence-electron chi connectivity index (χ0n) is 19.0. The second kappa shape index (κ2) is 9.60. The second-order valence-electron chi connectivity index (χ2n) is 7.61. The van der Waals surface area contributed by atoms with Gasteiger partial charge in [-0.2, -0.15) is 0 Å². The Hall–Kier alpha value is -4.07. The number of carbonyl (C=O) groups is 1. The van der Waals surface area contributed by atoms with E-state index in [0.29, 0.717) is 34.7 Å². The largest absolute Gasteiger partial charge is 0.497 e. The molecule has 2 aromatic carbocycles. The number of hydrogen-bond acceptors (Lipinski definition) is 6. The van der Waals surface area contributed by atoms with Crippen molar-refractivity contribution in [2.24, 2.45) is 7.05 Å². The van der Waals surface area contributed by atoms with Crippen molar-refractivity contribution < 1.29 is 18.7 Å². The van der Waals surface area contributed by atoms with E-state index in [9.17, 15) is 4.79 Å². The number of benzene rings is 2. The van der Waals surface area contributed by atoms with Crippen LogP contribution in [0.25, 0.3) is 11.5 Å². The Balaban J connectivity index is 1.61. The fourth-order valence-electron chi connectivity index (χ4n) is 3.61. The van der Waals surface area contributed by atoms with Gasteiger partial charge in [0.15, 0.2) is 0 Å². The van der Waals surface area contributed by atoms with E-state index in [2.05, 4.69) is 15.3 Å². The van der Waals surface area contributed by atoms with E-state index in [1.165, 1.54) is 0 Å². The Kier molecular flexibility index (Phi) is 6.44. The van der Waals surface area contributed by atoms with Crippen molar-refractivity contribution >= 4 is 5.91 Å². The molecule has 0 saturated carbocycles. The number of methoxy groups -OCH3 is 2. The maximum Gasteiger partial charge on any atom is 0.227 e. The summed E-state index contributed by atoms with van der Waals surface area (Å²) in [6, 6.07) is 14.6. The van der Waals surface area contributed by atoms with Gasteiger partial charge in [0.25, 0.3) is 0 Å². The minimum absolute atomic E-state index is 0.0736. The average Bonchev–Trinajstić information content (AvgIpc) is 3.42. The number of imidazole rings is 1. The number of rotatable bonds is 8. The Bertz CT molecular complexity index is 1220. The number of nitrogens with zero attached hydrogens (tertiary/aromatic N) is 3. The molecule has 0 aliphatic heterocycles. The Labute approximate surface area is 192 Å². The van der Waals surface area contributed by atoms with Gasteiger partial charge in [-0.05, 0) is 36.8 Å². The summed E-state index contributed by atoms with van der Waals surface area (Å²) in [5.41, 5.74) is 2.24. The first kappa shape index (κ1) is 22.1. The van der Waals surface area contributed by atoms with E-state index in [1.807, 2.05) is 67.2 Å². The molecule has 0 unspecified atom stereocenters. The molecule has 0 fully saturated rings. The summed E-state index contributed by atoms with van der Waals surface area (Å²) in [7, 11) is 5.06. The summed E-state index contributed by atoms with van der Waals surface area (Å²) in [6.45, 7) is 1.81. The second-order valence-corrected chi connectivity index (χ2v) is 7.61. The first-order chi connectivity index (χ1) is 16.0. The molecule has 8 heteroatoms. The molecule has 2 aromatic heterocycles. The number of hydrogen-bond donors (Lipinski definition) is 1. The lowest BCUT2D eigenvalue weighted by atomic mass is 10.0. The third-order valence-corrected chi connectivity index (χ3v) is 5.37. The molecule has 4 rings (SSSR count). The molecule has 0 saturated heterocycles. The molecule has 0 bridgehead atoms. The first-order valence-corrected chi connectivity index (χ1v) is 10.5. The van der Waals surface area contributed by atoms with Gasteiger partial charge in [0.05, 0.1) is 26.3 Å². The lowest BCUT2D eigenvalue weighted by Gasteiger charge is -2.20. The molecule has 4 aromatic rings. The highest BCUT2D eigenvalue weighted by atomic mass is 16.5. The zero-order valence-corrected chi connectivity index (χ0v) is 19.0. The third kappa shape index (κ3) is 4.90. The van der Waals surface area contributed by atoms with E-state index in [4.69, 9.17) is 13.9 Å². The van der Waals surface area contributed by atoms with Crippen LogP contribution in [-0.4, -0.2) is 34.7 Å². The number of aromatic nitrogens is 3. The Morgan fingerprint density at radius 3 is 2.42 bits per heavy atom. The monoisotopic (exact) mass is 446 g/mol. The van der Waals surface area contributed by atoms with Crippen LogP contribution in [0.4, 0.5) is 0 Å². The van der Waals surface area contributed by atoms with Crippen molar-refractivity contribution in [2.45, 2.75) is 19.4 Å². The fraction of sp³-hybridized carbons (Fsp3) is 0.240. The molecule has 1 N–H and O–H groups in total. The molecule has 8 nitrogen and oxygen atoms in total. The summed E-state index contributed by atoms with van der Waals surface area (Å²) in [5, 5.41) is 3.09. The Morgan fingerprint density at radius 2 is 1.82 bits per heavy atom. The smallest absolute Gasteiger partial charge is 0.227 e. The van der Waals surface area contributed by atoms with Crippen LogP contribution in [0.15, 0.2) is 65.3 Å². The highest BCUT2D eigenvalue weighted by Crippen LogP contribution is 2.30. The SMILES string of the molecule is COc1cc(OC)cc([C@H](NC(=O)Cc2nc(-c3ccccc3)oc2C)c2nccn2C)c1. The number of amides is 1. The van der Waals surface area contributed by atoms with E-state index in [1.54, 1.807) is 26.5 Å². The van der Waals surface area contributed by atoms with E-state index in [0.717, 1.165) is 11.1 Å². The molecule has 0 spiro atoms. The van der Waals surface area contributed by atoms with Gasteiger partial charge in [-0.25, -0.2) is 9.97 Å². The maximum absolute atomic E-state index is 13.1. The minimum Gasteiger partial charge on any atom is -0.497 e. The molecule has 33 heavy (non-hydrogen) atoms. The van der Waals surface area contributed by atoms with E-state index < -0.39 is 6.04 Å². The van der Waals surface area contributed by atoms with Crippen molar-refractivity contribution in [1.29, 1.82) is 0 Å². The van der Waals surface area contributed by atoms with Crippen LogP contribution in [0, 0.1) is 6.92 Å². The average molecular weight is 447 g/mol. The summed E-state index contributed by atoms with van der Waals surface area (Å²) in [5.74, 6) is 2.83. The van der Waals surface area contributed by atoms with Crippen LogP contribution < -0.4 is 14.8 Å². The standard InChI is InChI=1S/C25H26N4O4/c1-16-21(27-25(33-16)17-8-6-5-7-9-17)15-22(30)28-23(24-26-10-11-29(24)2)18-12-19(31-3)14-20(13-18)32-4/h5-14,23H,15H2,1-4H3,(H,28,30)/t23-/m0/s1. The first-order valence-electron chi connectivity index (χ1n) is 10.5. The number of ether oxygens (including phenoxy) is 2. The molecule has 0 radical (unpaired) electrons. The lowest BCUT2D eigenvalue weighted by molar-refractivity contribution is -0.121. The summed E-state index contributed by atoms with van der Waals surface area (Å²) >= 11 is 0. The molecule has 1 amide bonds. The van der Waals surface area contributed by atoms with Crippen LogP contribution in [0.3, 0.4) is 0 Å². The highest BCUT2D eigenvalue weighted by molar-refractivity contribution is 5.79. The molecule has 2 heterocycles. The minimum atomic E-state index is -0.512. The van der Waals surface area contributed by atoms with Crippen LogP contribution in [0.2, 0.25) is 0 Å². The fourth-order valence-corrected chi connectivity index (χ4v) is 3.61.